The Morgan fingerprint density at radius 3 is 2.18 bits per heavy atom. The van der Waals surface area contributed by atoms with Gasteiger partial charge < -0.3 is 5.32 Å². The molecule has 1 fully saturated rings. The molecule has 0 spiro atoms. The fourth-order valence-electron chi connectivity index (χ4n) is 4.23. The molecule has 168 valence electrons. The number of benzene rings is 3. The van der Waals surface area contributed by atoms with Crippen molar-refractivity contribution in [2.75, 3.05) is 13.1 Å². The molecule has 1 aliphatic heterocycles. The molecule has 0 atom stereocenters. The van der Waals surface area contributed by atoms with E-state index >= 15 is 0 Å². The Kier molecular flexibility index (Phi) is 7.08. The topological polar surface area (TPSA) is 56.1 Å². The molecule has 1 saturated heterocycles. The summed E-state index contributed by atoms with van der Waals surface area (Å²) in [6.45, 7) is 2.79. The zero-order valence-electron chi connectivity index (χ0n) is 18.2. The van der Waals surface area contributed by atoms with Crippen molar-refractivity contribution < 1.29 is 9.18 Å². The zero-order valence-corrected chi connectivity index (χ0v) is 19.0. The summed E-state index contributed by atoms with van der Waals surface area (Å²) in [6, 6.07) is 23.9. The highest BCUT2D eigenvalue weighted by Gasteiger charge is 2.36. The van der Waals surface area contributed by atoms with E-state index in [2.05, 4.69) is 16.3 Å². The maximum atomic E-state index is 13.1. The number of rotatable bonds is 6. The van der Waals surface area contributed by atoms with Crippen molar-refractivity contribution in [1.82, 2.24) is 10.2 Å². The van der Waals surface area contributed by atoms with E-state index in [1.807, 2.05) is 36.4 Å². The molecule has 1 aliphatic rings. The number of likely N-dealkylation sites (tertiary alicyclic amines) is 1. The van der Waals surface area contributed by atoms with E-state index in [1.54, 1.807) is 24.3 Å². The molecule has 0 saturated carbocycles. The molecular weight excluding hydrogens is 437 g/mol. The van der Waals surface area contributed by atoms with Gasteiger partial charge in [0.1, 0.15) is 5.82 Å². The van der Waals surface area contributed by atoms with Crippen LogP contribution >= 0.6 is 11.6 Å². The fourth-order valence-corrected chi connectivity index (χ4v) is 4.36. The van der Waals surface area contributed by atoms with Crippen LogP contribution in [-0.4, -0.2) is 23.9 Å². The van der Waals surface area contributed by atoms with Crippen LogP contribution in [0.15, 0.2) is 72.8 Å². The minimum atomic E-state index is -0.510. The maximum Gasteiger partial charge on any atom is 0.251 e. The van der Waals surface area contributed by atoms with Gasteiger partial charge in [-0.1, -0.05) is 48.0 Å². The molecule has 0 aromatic heterocycles. The predicted octanol–water partition coefficient (Wildman–Crippen LogP) is 5.47. The van der Waals surface area contributed by atoms with E-state index in [4.69, 9.17) is 11.6 Å². The van der Waals surface area contributed by atoms with E-state index in [0.29, 0.717) is 17.1 Å². The van der Waals surface area contributed by atoms with E-state index in [0.717, 1.165) is 49.2 Å². The molecule has 1 amide bonds. The van der Waals surface area contributed by atoms with Crippen molar-refractivity contribution in [1.29, 1.82) is 5.26 Å². The van der Waals surface area contributed by atoms with Crippen LogP contribution in [0.4, 0.5) is 4.39 Å². The predicted molar refractivity (Wildman–Crippen MR) is 127 cm³/mol. The summed E-state index contributed by atoms with van der Waals surface area (Å²) in [7, 11) is 0. The van der Waals surface area contributed by atoms with Gasteiger partial charge in [-0.3, -0.25) is 9.69 Å². The van der Waals surface area contributed by atoms with Crippen LogP contribution in [0, 0.1) is 17.1 Å². The lowest BCUT2D eigenvalue weighted by atomic mass is 9.74. The molecule has 33 heavy (non-hydrogen) atoms. The maximum absolute atomic E-state index is 13.1. The first-order chi connectivity index (χ1) is 16.0. The number of carbonyl (C=O) groups excluding carboxylic acids is 1. The second-order valence-electron chi connectivity index (χ2n) is 8.48. The van der Waals surface area contributed by atoms with Crippen molar-refractivity contribution in [2.45, 2.75) is 31.3 Å². The molecular formula is C27H25ClFN3O. The van der Waals surface area contributed by atoms with Crippen molar-refractivity contribution in [2.24, 2.45) is 0 Å². The fraction of sp³-hybridized carbons (Fsp3) is 0.259. The molecule has 4 rings (SSSR count). The molecule has 0 unspecified atom stereocenters. The number of piperidine rings is 1. The molecule has 0 aliphatic carbocycles. The van der Waals surface area contributed by atoms with Gasteiger partial charge in [0.15, 0.2) is 0 Å². The van der Waals surface area contributed by atoms with E-state index in [1.165, 1.54) is 12.1 Å². The molecule has 6 heteroatoms. The molecule has 0 radical (unpaired) electrons. The summed E-state index contributed by atoms with van der Waals surface area (Å²) in [4.78, 5) is 14.6. The first-order valence-electron chi connectivity index (χ1n) is 11.0. The average molecular weight is 462 g/mol. The third-order valence-corrected chi connectivity index (χ3v) is 6.56. The highest BCUT2D eigenvalue weighted by molar-refractivity contribution is 6.30. The summed E-state index contributed by atoms with van der Waals surface area (Å²) in [5.41, 5.74) is 3.12. The number of hydrogen-bond donors (Lipinski definition) is 1. The summed E-state index contributed by atoms with van der Waals surface area (Å²) in [5.74, 6) is -0.383. The second-order valence-corrected chi connectivity index (χ2v) is 8.92. The van der Waals surface area contributed by atoms with E-state index < -0.39 is 5.41 Å². The van der Waals surface area contributed by atoms with Crippen molar-refractivity contribution >= 4 is 17.5 Å². The van der Waals surface area contributed by atoms with Crippen molar-refractivity contribution in [3.63, 3.8) is 0 Å². The first kappa shape index (κ1) is 23.0. The molecule has 4 nitrogen and oxygen atoms in total. The number of carbonyl (C=O) groups is 1. The minimum Gasteiger partial charge on any atom is -0.348 e. The number of hydrogen-bond acceptors (Lipinski definition) is 3. The van der Waals surface area contributed by atoms with Gasteiger partial charge in [0.25, 0.3) is 5.91 Å². The van der Waals surface area contributed by atoms with Gasteiger partial charge in [0, 0.05) is 36.8 Å². The van der Waals surface area contributed by atoms with Crippen LogP contribution in [0.3, 0.4) is 0 Å². The second kappa shape index (κ2) is 10.2. The Morgan fingerprint density at radius 2 is 1.58 bits per heavy atom. The number of halogens is 2. The van der Waals surface area contributed by atoms with Gasteiger partial charge in [-0.25, -0.2) is 4.39 Å². The standard InChI is InChI=1S/C27H25ClFN3O/c28-24-9-5-22(6-10-24)26(33)31-17-20-1-7-23(8-2-20)27(19-30)13-15-32(16-14-27)18-21-3-11-25(29)12-4-21/h1-12H,13-18H2,(H,31,33). The molecule has 0 bridgehead atoms. The lowest BCUT2D eigenvalue weighted by Crippen LogP contribution is -2.41. The van der Waals surface area contributed by atoms with E-state index in [9.17, 15) is 14.4 Å². The lowest BCUT2D eigenvalue weighted by molar-refractivity contribution is 0.0951. The van der Waals surface area contributed by atoms with Crippen LogP contribution in [-0.2, 0) is 18.5 Å². The third-order valence-electron chi connectivity index (χ3n) is 6.31. The molecule has 3 aromatic carbocycles. The van der Waals surface area contributed by atoms with Gasteiger partial charge in [-0.2, -0.15) is 5.26 Å². The summed E-state index contributed by atoms with van der Waals surface area (Å²) in [5, 5.41) is 13.5. The van der Waals surface area contributed by atoms with Crippen molar-refractivity contribution in [3.05, 3.63) is 106 Å². The molecule has 3 aromatic rings. The van der Waals surface area contributed by atoms with Gasteiger partial charge in [0.2, 0.25) is 0 Å². The minimum absolute atomic E-state index is 0.155. The normalized spacial score (nSPS) is 15.5. The Balaban J connectivity index is 1.34. The SMILES string of the molecule is N#CC1(c2ccc(CNC(=O)c3ccc(Cl)cc3)cc2)CCN(Cc2ccc(F)cc2)CC1. The lowest BCUT2D eigenvalue weighted by Gasteiger charge is -2.37. The highest BCUT2D eigenvalue weighted by atomic mass is 35.5. The smallest absolute Gasteiger partial charge is 0.251 e. The number of amides is 1. The number of nitrogens with one attached hydrogen (secondary N) is 1. The van der Waals surface area contributed by atoms with Gasteiger partial charge in [0.05, 0.1) is 11.5 Å². The monoisotopic (exact) mass is 461 g/mol. The van der Waals surface area contributed by atoms with Gasteiger partial charge in [-0.05, 0) is 65.9 Å². The van der Waals surface area contributed by atoms with Crippen LogP contribution in [0.25, 0.3) is 0 Å². The first-order valence-corrected chi connectivity index (χ1v) is 11.4. The van der Waals surface area contributed by atoms with E-state index in [-0.39, 0.29) is 11.7 Å². The number of nitrogens with zero attached hydrogens (tertiary/aromatic N) is 2. The van der Waals surface area contributed by atoms with Crippen LogP contribution in [0.5, 0.6) is 0 Å². The zero-order chi connectivity index (χ0) is 23.3. The van der Waals surface area contributed by atoms with Crippen LogP contribution < -0.4 is 5.32 Å². The summed E-state index contributed by atoms with van der Waals surface area (Å²) in [6.07, 6.45) is 1.49. The Hall–Kier alpha value is -3.20. The highest BCUT2D eigenvalue weighted by Crippen LogP contribution is 2.35. The third kappa shape index (κ3) is 5.60. The average Bonchev–Trinajstić information content (AvgIpc) is 2.85. The van der Waals surface area contributed by atoms with Gasteiger partial charge >= 0.3 is 0 Å². The Bertz CT molecular complexity index is 1130. The summed E-state index contributed by atoms with van der Waals surface area (Å²) >= 11 is 5.87. The quantitative estimate of drug-likeness (QED) is 0.529. The molecule has 1 heterocycles. The summed E-state index contributed by atoms with van der Waals surface area (Å²) < 4.78 is 13.1. The molecule has 1 N–H and O–H groups in total. The van der Waals surface area contributed by atoms with Gasteiger partial charge in [-0.15, -0.1) is 0 Å². The van der Waals surface area contributed by atoms with Crippen LogP contribution in [0.2, 0.25) is 5.02 Å². The van der Waals surface area contributed by atoms with Crippen LogP contribution in [0.1, 0.15) is 39.9 Å². The number of nitriles is 1. The Labute approximate surface area is 198 Å². The van der Waals surface area contributed by atoms with Crippen molar-refractivity contribution in [3.8, 4) is 6.07 Å². The Morgan fingerprint density at radius 1 is 0.970 bits per heavy atom. The largest absolute Gasteiger partial charge is 0.348 e.